The summed E-state index contributed by atoms with van der Waals surface area (Å²) >= 11 is 0. The van der Waals surface area contributed by atoms with Crippen LogP contribution < -0.4 is 0 Å². The van der Waals surface area contributed by atoms with E-state index in [9.17, 15) is 39.6 Å². The van der Waals surface area contributed by atoms with Gasteiger partial charge in [-0.25, -0.2) is 0 Å². The predicted molar refractivity (Wildman–Crippen MR) is 172 cm³/mol. The molecule has 2 aliphatic carbocycles. The average molecular weight is 695 g/mol. The van der Waals surface area contributed by atoms with Crippen LogP contribution in [0.1, 0.15) is 126 Å². The van der Waals surface area contributed by atoms with Crippen LogP contribution in [0.15, 0.2) is 18.2 Å². The van der Waals surface area contributed by atoms with Gasteiger partial charge in [0, 0.05) is 66.3 Å². The van der Waals surface area contributed by atoms with E-state index in [0.29, 0.717) is 25.7 Å². The van der Waals surface area contributed by atoms with Crippen LogP contribution in [0, 0.1) is 0 Å². The van der Waals surface area contributed by atoms with Gasteiger partial charge >= 0.3 is 0 Å². The molecule has 0 bridgehead atoms. The number of hydrogen-bond acceptors (Lipinski definition) is 13. The van der Waals surface area contributed by atoms with Gasteiger partial charge in [-0.2, -0.15) is 0 Å². The number of ketones is 4. The first-order valence-corrected chi connectivity index (χ1v) is 17.2. The van der Waals surface area contributed by atoms with E-state index in [0.717, 1.165) is 0 Å². The largest absolute Gasteiger partial charge is 0.507 e. The van der Waals surface area contributed by atoms with Crippen molar-refractivity contribution in [2.75, 3.05) is 0 Å². The van der Waals surface area contributed by atoms with Crippen molar-refractivity contribution in [2.45, 2.75) is 134 Å². The van der Waals surface area contributed by atoms with Gasteiger partial charge in [0.2, 0.25) is 0 Å². The van der Waals surface area contributed by atoms with Gasteiger partial charge in [-0.15, -0.1) is 0 Å². The molecule has 2 aromatic carbocycles. The molecule has 0 aromatic heterocycles. The summed E-state index contributed by atoms with van der Waals surface area (Å²) < 4.78 is 30.3. The molecule has 3 heterocycles. The van der Waals surface area contributed by atoms with Crippen molar-refractivity contribution in [2.24, 2.45) is 0 Å². The summed E-state index contributed by atoms with van der Waals surface area (Å²) in [5.74, 6) is -2.88. The Morgan fingerprint density at radius 1 is 0.800 bits per heavy atom. The molecule has 268 valence electrons. The monoisotopic (exact) mass is 694 g/mol. The molecule has 0 amide bonds. The maximum Gasteiger partial charge on any atom is 0.198 e. The summed E-state index contributed by atoms with van der Waals surface area (Å²) in [6.07, 6.45) is -3.81. The Bertz CT molecular complexity index is 1750. The Labute approximate surface area is 288 Å². The van der Waals surface area contributed by atoms with Crippen LogP contribution in [0.2, 0.25) is 0 Å². The smallest absolute Gasteiger partial charge is 0.198 e. The van der Waals surface area contributed by atoms with Crippen molar-refractivity contribution in [3.63, 3.8) is 0 Å². The van der Waals surface area contributed by atoms with Crippen LogP contribution in [-0.4, -0.2) is 98.4 Å². The first kappa shape index (κ1) is 34.9. The Balaban J connectivity index is 1.04. The van der Waals surface area contributed by atoms with E-state index in [1.807, 2.05) is 6.92 Å². The minimum Gasteiger partial charge on any atom is -0.507 e. The predicted octanol–water partition coefficient (Wildman–Crippen LogP) is 3.35. The number of Topliss-reactive ketones (excluding diaryl/α,β-unsaturated/α-hetero) is 2. The quantitative estimate of drug-likeness (QED) is 0.304. The summed E-state index contributed by atoms with van der Waals surface area (Å²) in [5.41, 5.74) is -1.95. The number of ether oxygens (including phenoxy) is 5. The Hall–Kier alpha value is -3.56. The molecule has 13 nitrogen and oxygen atoms in total. The summed E-state index contributed by atoms with van der Waals surface area (Å²) in [6.45, 7) is 6.77. The molecular weight excluding hydrogens is 652 g/mol. The third-order valence-electron chi connectivity index (χ3n) is 10.6. The van der Waals surface area contributed by atoms with Gasteiger partial charge in [0.25, 0.3) is 0 Å². The summed E-state index contributed by atoms with van der Waals surface area (Å²) in [6, 6.07) is 4.10. The van der Waals surface area contributed by atoms with Crippen LogP contribution in [0.3, 0.4) is 0 Å². The highest BCUT2D eigenvalue weighted by molar-refractivity contribution is 6.31. The molecule has 10 atom stereocenters. The Kier molecular flexibility index (Phi) is 8.99. The summed E-state index contributed by atoms with van der Waals surface area (Å²) in [4.78, 5) is 52.1. The van der Waals surface area contributed by atoms with Gasteiger partial charge in [0.1, 0.15) is 23.7 Å². The third-order valence-corrected chi connectivity index (χ3v) is 10.6. The summed E-state index contributed by atoms with van der Waals surface area (Å²) in [7, 11) is 0. The van der Waals surface area contributed by atoms with E-state index >= 15 is 0 Å². The molecule has 3 saturated heterocycles. The van der Waals surface area contributed by atoms with Crippen LogP contribution in [0.25, 0.3) is 0 Å². The van der Waals surface area contributed by atoms with E-state index in [-0.39, 0.29) is 76.2 Å². The highest BCUT2D eigenvalue weighted by atomic mass is 16.7. The number of carbonyl (C=O) groups excluding carboxylic acids is 4. The summed E-state index contributed by atoms with van der Waals surface area (Å²) in [5, 5.41) is 44.3. The standard InChI is InChI=1S/C37H42O13/c1-15-23(38)7-9-28(47-15)49-26-8-10-29(48-16(26)2)50-36-17(3)46-27(12-24(36)39)18-5-6-19-30(32(18)41)34(43)21-11-20-22(35(44)31(21)33(19)42)13-37(4,45)14-25(20)40/h5-6,11,15-17,24,26-29,36,39,41,44-45H,7-10,12-14H2,1-4H3. The van der Waals surface area contributed by atoms with Gasteiger partial charge in [0.05, 0.1) is 47.2 Å². The molecule has 0 radical (unpaired) electrons. The number of rotatable bonds is 5. The average Bonchev–Trinajstić information content (AvgIpc) is 3.04. The normalized spacial score (nSPS) is 35.8. The second-order valence-electron chi connectivity index (χ2n) is 14.5. The van der Waals surface area contributed by atoms with E-state index in [1.165, 1.54) is 25.1 Å². The number of carbonyl (C=O) groups is 4. The van der Waals surface area contributed by atoms with E-state index in [1.54, 1.807) is 13.8 Å². The first-order valence-electron chi connectivity index (χ1n) is 17.2. The molecule has 0 saturated carbocycles. The number of phenols is 2. The van der Waals surface area contributed by atoms with Gasteiger partial charge in [-0.05, 0) is 46.2 Å². The van der Waals surface area contributed by atoms with Gasteiger partial charge in [-0.1, -0.05) is 6.07 Å². The number of aliphatic hydroxyl groups excluding tert-OH is 1. The van der Waals surface area contributed by atoms with Crippen molar-refractivity contribution in [3.8, 4) is 11.5 Å². The number of benzene rings is 2. The minimum absolute atomic E-state index is 0.00668. The zero-order valence-corrected chi connectivity index (χ0v) is 28.3. The molecule has 0 spiro atoms. The van der Waals surface area contributed by atoms with E-state index < -0.39 is 77.5 Å². The number of fused-ring (bicyclic) bond motifs is 3. The van der Waals surface area contributed by atoms with Gasteiger partial charge in [0.15, 0.2) is 35.7 Å². The van der Waals surface area contributed by atoms with E-state index in [4.69, 9.17) is 23.7 Å². The number of phenolic OH excluding ortho intramolecular Hbond substituents is 2. The van der Waals surface area contributed by atoms with Gasteiger partial charge < -0.3 is 44.1 Å². The van der Waals surface area contributed by atoms with Crippen molar-refractivity contribution in [1.29, 1.82) is 0 Å². The maximum absolute atomic E-state index is 13.8. The van der Waals surface area contributed by atoms with Crippen LogP contribution >= 0.6 is 0 Å². The van der Waals surface area contributed by atoms with Crippen LogP contribution in [-0.2, 0) is 34.9 Å². The molecule has 13 heteroatoms. The SMILES string of the molecule is CC1OC(OC2CCC(OC3C(O)CC(c4ccc5c(c4O)C(=O)c4cc6c(c(O)c4C5=O)CC(C)(O)CC6=O)OC3C)OC2C)CCC1=O. The molecule has 4 N–H and O–H groups in total. The molecule has 7 rings (SSSR count). The fourth-order valence-corrected chi connectivity index (χ4v) is 7.96. The van der Waals surface area contributed by atoms with E-state index in [2.05, 4.69) is 0 Å². The molecule has 3 aliphatic heterocycles. The molecule has 10 unspecified atom stereocenters. The van der Waals surface area contributed by atoms with Crippen molar-refractivity contribution < 1.29 is 63.3 Å². The second kappa shape index (κ2) is 12.9. The molecular formula is C37H42O13. The lowest BCUT2D eigenvalue weighted by atomic mass is 9.74. The third kappa shape index (κ3) is 6.08. The molecule has 3 fully saturated rings. The van der Waals surface area contributed by atoms with Crippen molar-refractivity contribution in [3.05, 3.63) is 57.1 Å². The highest BCUT2D eigenvalue weighted by Gasteiger charge is 2.45. The lowest BCUT2D eigenvalue weighted by Gasteiger charge is -2.42. The first-order chi connectivity index (χ1) is 23.6. The molecule has 2 aromatic rings. The zero-order chi connectivity index (χ0) is 35.8. The highest BCUT2D eigenvalue weighted by Crippen LogP contribution is 2.46. The number of aliphatic hydroxyl groups is 2. The number of hydrogen-bond donors (Lipinski definition) is 4. The lowest BCUT2D eigenvalue weighted by molar-refractivity contribution is -0.298. The zero-order valence-electron chi connectivity index (χ0n) is 28.3. The fourth-order valence-electron chi connectivity index (χ4n) is 7.96. The van der Waals surface area contributed by atoms with Gasteiger partial charge in [-0.3, -0.25) is 19.2 Å². The minimum atomic E-state index is -1.42. The Morgan fingerprint density at radius 2 is 1.50 bits per heavy atom. The molecule has 50 heavy (non-hydrogen) atoms. The van der Waals surface area contributed by atoms with Crippen LogP contribution in [0.5, 0.6) is 11.5 Å². The maximum atomic E-state index is 13.8. The molecule has 5 aliphatic rings. The van der Waals surface area contributed by atoms with Crippen molar-refractivity contribution in [1.82, 2.24) is 0 Å². The lowest BCUT2D eigenvalue weighted by Crippen LogP contribution is -2.50. The second-order valence-corrected chi connectivity index (χ2v) is 14.5. The van der Waals surface area contributed by atoms with Crippen molar-refractivity contribution >= 4 is 23.1 Å². The Morgan fingerprint density at radius 3 is 2.20 bits per heavy atom. The topological polar surface area (TPSA) is 195 Å². The number of aromatic hydroxyl groups is 2. The van der Waals surface area contributed by atoms with Crippen LogP contribution in [0.4, 0.5) is 0 Å². The fraction of sp³-hybridized carbons (Fsp3) is 0.568.